The van der Waals surface area contributed by atoms with Gasteiger partial charge in [0.1, 0.15) is 6.04 Å². The molecule has 22 heavy (non-hydrogen) atoms. The molecule has 0 saturated heterocycles. The molecule has 1 rings (SSSR count). The minimum Gasteiger partial charge on any atom is -0.480 e. The van der Waals surface area contributed by atoms with Crippen LogP contribution in [0.25, 0.3) is 0 Å². The van der Waals surface area contributed by atoms with E-state index >= 15 is 0 Å². The van der Waals surface area contributed by atoms with E-state index in [1.165, 1.54) is 24.3 Å². The lowest BCUT2D eigenvalue weighted by Gasteiger charge is -2.17. The molecule has 0 spiro atoms. The zero-order chi connectivity index (χ0) is 16.9. The highest BCUT2D eigenvalue weighted by Gasteiger charge is 2.29. The second-order valence-electron chi connectivity index (χ2n) is 5.13. The van der Waals surface area contributed by atoms with Crippen LogP contribution in [0.3, 0.4) is 0 Å². The summed E-state index contributed by atoms with van der Waals surface area (Å²) >= 11 is 0. The summed E-state index contributed by atoms with van der Waals surface area (Å²) in [6, 6.07) is 4.20. The van der Waals surface area contributed by atoms with Crippen LogP contribution in [0.5, 0.6) is 0 Å². The van der Waals surface area contributed by atoms with E-state index in [0.29, 0.717) is 0 Å². The van der Waals surface area contributed by atoms with Crippen LogP contribution >= 0.6 is 0 Å². The quantitative estimate of drug-likeness (QED) is 0.729. The summed E-state index contributed by atoms with van der Waals surface area (Å²) in [5.41, 5.74) is -0.147. The van der Waals surface area contributed by atoms with Gasteiger partial charge in [0.2, 0.25) is 10.0 Å². The van der Waals surface area contributed by atoms with Crippen molar-refractivity contribution in [1.82, 2.24) is 4.72 Å². The van der Waals surface area contributed by atoms with Crippen molar-refractivity contribution in [2.24, 2.45) is 5.92 Å². The van der Waals surface area contributed by atoms with E-state index in [1.807, 2.05) is 0 Å². The Balaban J connectivity index is 3.19. The van der Waals surface area contributed by atoms with Gasteiger partial charge in [-0.05, 0) is 24.5 Å². The molecule has 122 valence electrons. The predicted molar refractivity (Wildman–Crippen MR) is 79.0 cm³/mol. The van der Waals surface area contributed by atoms with E-state index in [4.69, 9.17) is 5.11 Å². The van der Waals surface area contributed by atoms with Gasteiger partial charge in [0, 0.05) is 0 Å². The van der Waals surface area contributed by atoms with Crippen molar-refractivity contribution in [3.05, 3.63) is 29.8 Å². The second kappa shape index (κ2) is 7.37. The van der Waals surface area contributed by atoms with E-state index in [1.54, 1.807) is 13.8 Å². The fraction of sp³-hybridized carbons (Fsp3) is 0.429. The number of nitrogens with one attached hydrogen (secondary N) is 1. The first kappa shape index (κ1) is 18.1. The molecule has 0 amide bonds. The van der Waals surface area contributed by atoms with E-state index in [2.05, 4.69) is 9.46 Å². The average molecular weight is 329 g/mol. The van der Waals surface area contributed by atoms with Crippen molar-refractivity contribution in [2.75, 3.05) is 7.11 Å². The number of methoxy groups -OCH3 is 1. The van der Waals surface area contributed by atoms with E-state index in [-0.39, 0.29) is 22.8 Å². The third-order valence-corrected chi connectivity index (χ3v) is 4.41. The molecular weight excluding hydrogens is 310 g/mol. The maximum Gasteiger partial charge on any atom is 0.339 e. The molecule has 0 aliphatic carbocycles. The van der Waals surface area contributed by atoms with Gasteiger partial charge in [-0.3, -0.25) is 4.79 Å². The van der Waals surface area contributed by atoms with Crippen LogP contribution in [0.2, 0.25) is 0 Å². The Morgan fingerprint density at radius 3 is 2.36 bits per heavy atom. The monoisotopic (exact) mass is 329 g/mol. The number of carboxylic acid groups (broad SMARTS) is 1. The van der Waals surface area contributed by atoms with Crippen LogP contribution in [0.15, 0.2) is 29.2 Å². The van der Waals surface area contributed by atoms with Crippen molar-refractivity contribution in [3.8, 4) is 0 Å². The second-order valence-corrected chi connectivity index (χ2v) is 6.81. The Hall–Kier alpha value is -1.93. The third kappa shape index (κ3) is 4.54. The van der Waals surface area contributed by atoms with Crippen LogP contribution in [0.4, 0.5) is 0 Å². The number of carbonyl (C=O) groups excluding carboxylic acids is 1. The fourth-order valence-electron chi connectivity index (χ4n) is 1.90. The Morgan fingerprint density at radius 1 is 1.27 bits per heavy atom. The van der Waals surface area contributed by atoms with Gasteiger partial charge < -0.3 is 9.84 Å². The average Bonchev–Trinajstić information content (AvgIpc) is 2.45. The van der Waals surface area contributed by atoms with Gasteiger partial charge in [0.15, 0.2) is 0 Å². The topological polar surface area (TPSA) is 110 Å². The molecule has 0 bridgehead atoms. The highest BCUT2D eigenvalue weighted by molar-refractivity contribution is 7.89. The van der Waals surface area contributed by atoms with E-state index in [9.17, 15) is 18.0 Å². The Kier molecular flexibility index (Phi) is 6.07. The minimum absolute atomic E-state index is 0.0142. The van der Waals surface area contributed by atoms with Crippen LogP contribution in [0, 0.1) is 5.92 Å². The van der Waals surface area contributed by atoms with Crippen molar-refractivity contribution >= 4 is 22.0 Å². The van der Waals surface area contributed by atoms with Crippen molar-refractivity contribution in [2.45, 2.75) is 31.2 Å². The number of carbonyl (C=O) groups is 2. The largest absolute Gasteiger partial charge is 0.480 e. The van der Waals surface area contributed by atoms with Crippen LogP contribution in [-0.4, -0.2) is 38.6 Å². The van der Waals surface area contributed by atoms with Gasteiger partial charge in [0.25, 0.3) is 0 Å². The van der Waals surface area contributed by atoms with Gasteiger partial charge in [-0.15, -0.1) is 0 Å². The third-order valence-electron chi connectivity index (χ3n) is 2.88. The first-order valence-electron chi connectivity index (χ1n) is 6.61. The van der Waals surface area contributed by atoms with Crippen molar-refractivity contribution < 1.29 is 27.9 Å². The number of hydrogen-bond donors (Lipinski definition) is 2. The molecular formula is C14H19NO6S. The number of aliphatic carboxylic acids is 1. The summed E-state index contributed by atoms with van der Waals surface area (Å²) in [7, 11) is -3.03. The summed E-state index contributed by atoms with van der Waals surface area (Å²) in [5.74, 6) is -2.09. The highest BCUT2D eigenvalue weighted by Crippen LogP contribution is 2.18. The number of esters is 1. The smallest absolute Gasteiger partial charge is 0.339 e. The molecule has 1 aromatic carbocycles. The lowest BCUT2D eigenvalue weighted by atomic mass is 10.1. The molecule has 0 radical (unpaired) electrons. The molecule has 2 N–H and O–H groups in total. The predicted octanol–water partition coefficient (Wildman–Crippen LogP) is 1.25. The van der Waals surface area contributed by atoms with Gasteiger partial charge >= 0.3 is 11.9 Å². The summed E-state index contributed by atoms with van der Waals surface area (Å²) < 4.78 is 31.4. The minimum atomic E-state index is -4.17. The summed E-state index contributed by atoms with van der Waals surface area (Å²) in [6.45, 7) is 3.57. The maximum atomic E-state index is 12.4. The Morgan fingerprint density at radius 2 is 1.86 bits per heavy atom. The van der Waals surface area contributed by atoms with Gasteiger partial charge in [-0.25, -0.2) is 13.2 Å². The van der Waals surface area contributed by atoms with Crippen LogP contribution in [-0.2, 0) is 19.6 Å². The van der Waals surface area contributed by atoms with Crippen LogP contribution in [0.1, 0.15) is 30.6 Å². The molecule has 1 aromatic rings. The van der Waals surface area contributed by atoms with Gasteiger partial charge in [0.05, 0.1) is 17.6 Å². The first-order chi connectivity index (χ1) is 10.2. The lowest BCUT2D eigenvalue weighted by molar-refractivity contribution is -0.139. The summed E-state index contributed by atoms with van der Waals surface area (Å²) in [4.78, 5) is 22.5. The molecule has 8 heteroatoms. The van der Waals surface area contributed by atoms with E-state index in [0.717, 1.165) is 7.11 Å². The SMILES string of the molecule is COC(=O)c1ccccc1S(=O)(=O)N[C@H](CC(C)C)C(=O)O. The molecule has 1 atom stereocenters. The molecule has 0 saturated carbocycles. The normalized spacial score (nSPS) is 12.9. The molecule has 7 nitrogen and oxygen atoms in total. The molecule has 0 fully saturated rings. The standard InChI is InChI=1S/C14H19NO6S/c1-9(2)8-11(13(16)17)15-22(19,20)12-7-5-4-6-10(12)14(18)21-3/h4-7,9,11,15H,8H2,1-3H3,(H,16,17)/t11-/m1/s1. The molecule has 0 heterocycles. The number of carboxylic acids is 1. The highest BCUT2D eigenvalue weighted by atomic mass is 32.2. The summed E-state index contributed by atoms with van der Waals surface area (Å²) in [6.07, 6.45) is 0.134. The molecule has 0 unspecified atom stereocenters. The van der Waals surface area contributed by atoms with Gasteiger partial charge in [-0.2, -0.15) is 4.72 Å². The summed E-state index contributed by atoms with van der Waals surface area (Å²) in [5, 5.41) is 9.14. The zero-order valence-corrected chi connectivity index (χ0v) is 13.4. The number of rotatable bonds is 7. The molecule has 0 aliphatic heterocycles. The van der Waals surface area contributed by atoms with Crippen molar-refractivity contribution in [3.63, 3.8) is 0 Å². The first-order valence-corrected chi connectivity index (χ1v) is 8.09. The number of benzene rings is 1. The number of sulfonamides is 1. The molecule has 0 aromatic heterocycles. The fourth-order valence-corrected chi connectivity index (χ4v) is 3.30. The number of ether oxygens (including phenoxy) is 1. The van der Waals surface area contributed by atoms with Crippen LogP contribution < -0.4 is 4.72 Å². The zero-order valence-electron chi connectivity index (χ0n) is 12.6. The number of hydrogen-bond acceptors (Lipinski definition) is 5. The lowest BCUT2D eigenvalue weighted by Crippen LogP contribution is -2.42. The Labute approximate surface area is 129 Å². The Bertz CT molecular complexity index is 653. The van der Waals surface area contributed by atoms with Gasteiger partial charge in [-0.1, -0.05) is 26.0 Å². The van der Waals surface area contributed by atoms with E-state index < -0.39 is 28.0 Å². The maximum absolute atomic E-state index is 12.4. The van der Waals surface area contributed by atoms with Crippen molar-refractivity contribution in [1.29, 1.82) is 0 Å². The molecule has 0 aliphatic rings.